The van der Waals surface area contributed by atoms with Crippen molar-refractivity contribution in [3.8, 4) is 0 Å². The molecular weight excluding hydrogens is 485 g/mol. The number of nitrogens with zero attached hydrogens (tertiary/aromatic N) is 2. The molecule has 0 bridgehead atoms. The van der Waals surface area contributed by atoms with Crippen LogP contribution >= 0.6 is 12.2 Å². The van der Waals surface area contributed by atoms with Crippen LogP contribution in [0.2, 0.25) is 0 Å². The van der Waals surface area contributed by atoms with Crippen molar-refractivity contribution in [1.29, 1.82) is 0 Å². The molecule has 1 aromatic heterocycles. The van der Waals surface area contributed by atoms with Crippen molar-refractivity contribution in [2.45, 2.75) is 6.54 Å². The highest BCUT2D eigenvalue weighted by molar-refractivity contribution is 7.80. The van der Waals surface area contributed by atoms with Crippen LogP contribution in [0.5, 0.6) is 0 Å². The maximum Gasteiger partial charge on any atom is 0.270 e. The fourth-order valence-corrected chi connectivity index (χ4v) is 5.05. The Morgan fingerprint density at radius 3 is 2.35 bits per heavy atom. The number of carbonyl (C=O) groups excluding carboxylic acids is 2. The van der Waals surface area contributed by atoms with Crippen LogP contribution in [0, 0.1) is 5.82 Å². The average Bonchev–Trinajstić information content (AvgIpc) is 3.25. The number of halogens is 1. The highest BCUT2D eigenvalue weighted by atomic mass is 32.1. The standard InChI is InChI=1S/C30H20FN3O2S/c31-22-12-14-23(15-13-22)34-29(36)26(28(35)32-30(34)37)16-21-18-33(27-11-4-3-10-25(21)27)17-20-8-5-7-19-6-1-2-9-24(19)20/h1-16,18H,17H2,(H,32,35,37)/b26-16+. The van der Waals surface area contributed by atoms with Crippen molar-refractivity contribution < 1.29 is 14.0 Å². The van der Waals surface area contributed by atoms with E-state index in [0.29, 0.717) is 12.2 Å². The highest BCUT2D eigenvalue weighted by Crippen LogP contribution is 2.28. The minimum absolute atomic E-state index is 0.0443. The lowest BCUT2D eigenvalue weighted by Crippen LogP contribution is -2.54. The van der Waals surface area contributed by atoms with Crippen LogP contribution in [0.4, 0.5) is 10.1 Å². The Labute approximate surface area is 217 Å². The van der Waals surface area contributed by atoms with Gasteiger partial charge in [0.25, 0.3) is 11.8 Å². The van der Waals surface area contributed by atoms with Crippen LogP contribution in [0.15, 0.2) is 103 Å². The van der Waals surface area contributed by atoms with Gasteiger partial charge in [-0.2, -0.15) is 0 Å². The zero-order valence-electron chi connectivity index (χ0n) is 19.5. The van der Waals surface area contributed by atoms with E-state index in [1.165, 1.54) is 39.9 Å². The van der Waals surface area contributed by atoms with Gasteiger partial charge in [0.05, 0.1) is 5.69 Å². The molecule has 7 heteroatoms. The first kappa shape index (κ1) is 22.8. The van der Waals surface area contributed by atoms with Gasteiger partial charge < -0.3 is 4.57 Å². The van der Waals surface area contributed by atoms with Crippen LogP contribution in [-0.4, -0.2) is 21.5 Å². The molecule has 2 heterocycles. The molecule has 37 heavy (non-hydrogen) atoms. The molecule has 0 atom stereocenters. The lowest BCUT2D eigenvalue weighted by atomic mass is 10.0. The van der Waals surface area contributed by atoms with E-state index in [4.69, 9.17) is 12.2 Å². The molecule has 1 N–H and O–H groups in total. The van der Waals surface area contributed by atoms with Crippen molar-refractivity contribution in [1.82, 2.24) is 9.88 Å². The van der Waals surface area contributed by atoms with Gasteiger partial charge >= 0.3 is 0 Å². The van der Waals surface area contributed by atoms with Crippen LogP contribution in [0.1, 0.15) is 11.1 Å². The van der Waals surface area contributed by atoms with E-state index in [0.717, 1.165) is 22.0 Å². The van der Waals surface area contributed by atoms with E-state index in [9.17, 15) is 14.0 Å². The molecule has 0 saturated carbocycles. The summed E-state index contributed by atoms with van der Waals surface area (Å²) >= 11 is 5.25. The fraction of sp³-hybridized carbons (Fsp3) is 0.0333. The number of amides is 2. The number of hydrogen-bond acceptors (Lipinski definition) is 3. The van der Waals surface area contributed by atoms with Crippen molar-refractivity contribution in [2.24, 2.45) is 0 Å². The predicted octanol–water partition coefficient (Wildman–Crippen LogP) is 5.81. The molecular formula is C30H20FN3O2S. The second kappa shape index (κ2) is 9.11. The quantitative estimate of drug-likeness (QED) is 0.190. The molecule has 180 valence electrons. The minimum atomic E-state index is -0.570. The molecule has 0 aliphatic carbocycles. The number of thiocarbonyl (C=S) groups is 1. The van der Waals surface area contributed by atoms with Gasteiger partial charge in [0.2, 0.25) is 0 Å². The van der Waals surface area contributed by atoms with Gasteiger partial charge in [-0.25, -0.2) is 4.39 Å². The highest BCUT2D eigenvalue weighted by Gasteiger charge is 2.34. The van der Waals surface area contributed by atoms with E-state index < -0.39 is 17.6 Å². The summed E-state index contributed by atoms with van der Waals surface area (Å²) < 4.78 is 15.6. The topological polar surface area (TPSA) is 54.3 Å². The third-order valence-corrected chi connectivity index (χ3v) is 6.81. The first-order valence-corrected chi connectivity index (χ1v) is 12.1. The average molecular weight is 506 g/mol. The van der Waals surface area contributed by atoms with E-state index >= 15 is 0 Å². The second-order valence-corrected chi connectivity index (χ2v) is 9.19. The van der Waals surface area contributed by atoms with Gasteiger partial charge in [0, 0.05) is 29.2 Å². The molecule has 2 amide bonds. The number of aromatic nitrogens is 1. The van der Waals surface area contributed by atoms with Crippen LogP contribution < -0.4 is 10.2 Å². The number of benzene rings is 4. The van der Waals surface area contributed by atoms with E-state index in [2.05, 4.69) is 34.1 Å². The molecule has 0 unspecified atom stereocenters. The first-order valence-electron chi connectivity index (χ1n) is 11.7. The Bertz CT molecular complexity index is 1750. The number of fused-ring (bicyclic) bond motifs is 2. The number of carbonyl (C=O) groups is 2. The first-order chi connectivity index (χ1) is 18.0. The SMILES string of the molecule is O=C1NC(=S)N(c2ccc(F)cc2)C(=O)/C1=C/c1cn(Cc2cccc3ccccc23)c2ccccc12. The van der Waals surface area contributed by atoms with Crippen LogP contribution in [0.25, 0.3) is 27.8 Å². The van der Waals surface area contributed by atoms with Crippen molar-refractivity contribution in [3.05, 3.63) is 120 Å². The third-order valence-electron chi connectivity index (χ3n) is 6.53. The summed E-state index contributed by atoms with van der Waals surface area (Å²) in [6.45, 7) is 0.622. The van der Waals surface area contributed by atoms with Gasteiger partial charge in [-0.3, -0.25) is 19.8 Å². The Hall–Kier alpha value is -4.62. The molecule has 5 nitrogen and oxygen atoms in total. The second-order valence-electron chi connectivity index (χ2n) is 8.80. The van der Waals surface area contributed by atoms with Crippen molar-refractivity contribution in [2.75, 3.05) is 4.90 Å². The fourth-order valence-electron chi connectivity index (χ4n) is 4.77. The number of hydrogen-bond donors (Lipinski definition) is 1. The van der Waals surface area contributed by atoms with Gasteiger partial charge in [0.1, 0.15) is 11.4 Å². The summed E-state index contributed by atoms with van der Waals surface area (Å²) in [7, 11) is 0. The third kappa shape index (κ3) is 4.09. The number of nitrogens with one attached hydrogen (secondary N) is 1. The Balaban J connectivity index is 1.43. The van der Waals surface area contributed by atoms with Crippen LogP contribution in [0.3, 0.4) is 0 Å². The summed E-state index contributed by atoms with van der Waals surface area (Å²) in [6, 6.07) is 27.7. The molecule has 6 rings (SSSR count). The Kier molecular flexibility index (Phi) is 5.62. The van der Waals surface area contributed by atoms with Gasteiger partial charge in [0.15, 0.2) is 5.11 Å². The normalized spacial score (nSPS) is 15.1. The summed E-state index contributed by atoms with van der Waals surface area (Å²) in [6.07, 6.45) is 3.55. The smallest absolute Gasteiger partial charge is 0.270 e. The summed E-state index contributed by atoms with van der Waals surface area (Å²) in [4.78, 5) is 27.5. The van der Waals surface area contributed by atoms with Crippen molar-refractivity contribution in [3.63, 3.8) is 0 Å². The Morgan fingerprint density at radius 2 is 1.54 bits per heavy atom. The molecule has 5 aromatic rings. The van der Waals surface area contributed by atoms with Gasteiger partial charge in [-0.05, 0) is 65.0 Å². The zero-order valence-corrected chi connectivity index (χ0v) is 20.3. The van der Waals surface area contributed by atoms with Gasteiger partial charge in [-0.15, -0.1) is 0 Å². The van der Waals surface area contributed by atoms with Crippen molar-refractivity contribution >= 4 is 62.6 Å². The molecule has 1 fully saturated rings. The van der Waals surface area contributed by atoms with E-state index in [-0.39, 0.29) is 10.7 Å². The molecule has 1 aliphatic heterocycles. The number of para-hydroxylation sites is 1. The molecule has 1 saturated heterocycles. The maximum absolute atomic E-state index is 13.4. The lowest BCUT2D eigenvalue weighted by Gasteiger charge is -2.28. The Morgan fingerprint density at radius 1 is 0.838 bits per heavy atom. The summed E-state index contributed by atoms with van der Waals surface area (Å²) in [5.41, 5.74) is 3.21. The summed E-state index contributed by atoms with van der Waals surface area (Å²) in [5, 5.41) is 5.80. The van der Waals surface area contributed by atoms with Gasteiger partial charge in [-0.1, -0.05) is 60.7 Å². The molecule has 1 aliphatic rings. The largest absolute Gasteiger partial charge is 0.342 e. The molecule has 4 aromatic carbocycles. The monoisotopic (exact) mass is 505 g/mol. The predicted molar refractivity (Wildman–Crippen MR) is 148 cm³/mol. The molecule has 0 spiro atoms. The van der Waals surface area contributed by atoms with E-state index in [1.54, 1.807) is 6.08 Å². The van der Waals surface area contributed by atoms with E-state index in [1.807, 2.05) is 48.7 Å². The molecule has 0 radical (unpaired) electrons. The summed E-state index contributed by atoms with van der Waals surface area (Å²) in [5.74, 6) is -1.57. The number of anilines is 1. The van der Waals surface area contributed by atoms with Crippen LogP contribution in [-0.2, 0) is 16.1 Å². The maximum atomic E-state index is 13.4. The zero-order chi connectivity index (χ0) is 25.5. The lowest BCUT2D eigenvalue weighted by molar-refractivity contribution is -0.122. The minimum Gasteiger partial charge on any atom is -0.342 e. The number of rotatable bonds is 4.